The summed E-state index contributed by atoms with van der Waals surface area (Å²) in [6.07, 6.45) is 3.88. The van der Waals surface area contributed by atoms with Crippen LogP contribution in [0.3, 0.4) is 0 Å². The molecule has 3 heteroatoms. The Balaban J connectivity index is 1.76. The van der Waals surface area contributed by atoms with Gasteiger partial charge in [0.25, 0.3) is 0 Å². The van der Waals surface area contributed by atoms with Crippen molar-refractivity contribution in [3.8, 4) is 0 Å². The van der Waals surface area contributed by atoms with Crippen molar-refractivity contribution in [1.29, 1.82) is 0 Å². The second-order valence-corrected chi connectivity index (χ2v) is 12.5. The van der Waals surface area contributed by atoms with Crippen LogP contribution in [0.4, 0.5) is 0 Å². The summed E-state index contributed by atoms with van der Waals surface area (Å²) in [6.45, 7) is 14.3. The molecule has 0 aromatic heterocycles. The molecular formula is C18H32N2Si. The molecule has 1 saturated heterocycles. The molecule has 1 aromatic carbocycles. The van der Waals surface area contributed by atoms with E-state index in [0.29, 0.717) is 6.04 Å². The lowest BCUT2D eigenvalue weighted by Gasteiger charge is -2.32. The fourth-order valence-corrected chi connectivity index (χ4v) is 4.23. The fourth-order valence-electron chi connectivity index (χ4n) is 3.06. The van der Waals surface area contributed by atoms with Crippen LogP contribution >= 0.6 is 0 Å². The Labute approximate surface area is 131 Å². The van der Waals surface area contributed by atoms with E-state index in [9.17, 15) is 0 Å². The molecule has 1 aliphatic rings. The van der Waals surface area contributed by atoms with Crippen molar-refractivity contribution in [2.24, 2.45) is 0 Å². The van der Waals surface area contributed by atoms with Gasteiger partial charge >= 0.3 is 0 Å². The maximum Gasteiger partial charge on any atom is 0.0775 e. The Morgan fingerprint density at radius 2 is 1.71 bits per heavy atom. The minimum atomic E-state index is -1.15. The van der Waals surface area contributed by atoms with Gasteiger partial charge in [-0.1, -0.05) is 56.0 Å². The predicted molar refractivity (Wildman–Crippen MR) is 96.0 cm³/mol. The summed E-state index contributed by atoms with van der Waals surface area (Å²) in [5.41, 5.74) is 1.42. The zero-order valence-corrected chi connectivity index (χ0v) is 15.3. The van der Waals surface area contributed by atoms with E-state index in [1.807, 2.05) is 0 Å². The van der Waals surface area contributed by atoms with E-state index < -0.39 is 8.07 Å². The van der Waals surface area contributed by atoms with Crippen molar-refractivity contribution in [2.45, 2.75) is 58.4 Å². The van der Waals surface area contributed by atoms with Gasteiger partial charge in [0, 0.05) is 12.6 Å². The highest BCUT2D eigenvalue weighted by Crippen LogP contribution is 2.11. The van der Waals surface area contributed by atoms with Gasteiger partial charge in [0.15, 0.2) is 0 Å². The highest BCUT2D eigenvalue weighted by Gasteiger charge is 2.18. The maximum atomic E-state index is 3.74. The third kappa shape index (κ3) is 5.24. The number of nitrogens with zero attached hydrogens (tertiary/aromatic N) is 1. The lowest BCUT2D eigenvalue weighted by molar-refractivity contribution is 0.197. The van der Waals surface area contributed by atoms with Gasteiger partial charge in [-0.25, -0.2) is 0 Å². The van der Waals surface area contributed by atoms with E-state index in [0.717, 1.165) is 6.54 Å². The number of benzene rings is 1. The average molecular weight is 305 g/mol. The first-order valence-corrected chi connectivity index (χ1v) is 12.0. The number of rotatable bonds is 6. The van der Waals surface area contributed by atoms with Crippen LogP contribution in [0.1, 0.15) is 31.7 Å². The first-order valence-electron chi connectivity index (χ1n) is 8.54. The van der Waals surface area contributed by atoms with Gasteiger partial charge in [-0.05, 0) is 44.5 Å². The van der Waals surface area contributed by atoms with Crippen molar-refractivity contribution in [3.05, 3.63) is 29.8 Å². The van der Waals surface area contributed by atoms with Crippen LogP contribution in [0.2, 0.25) is 19.6 Å². The highest BCUT2D eigenvalue weighted by atomic mass is 28.3. The van der Waals surface area contributed by atoms with Gasteiger partial charge in [0.05, 0.1) is 8.07 Å². The Bertz CT molecular complexity index is 414. The summed E-state index contributed by atoms with van der Waals surface area (Å²) < 4.78 is 0. The standard InChI is InChI=1S/C18H32N2Si/c1-5-12-20-13-10-17(11-14-20)19-15-16-6-8-18(9-7-16)21(2,3)4/h6-9,17,19H,5,10-15H2,1-4H3. The smallest absolute Gasteiger partial charge is 0.0775 e. The molecule has 2 nitrogen and oxygen atoms in total. The Morgan fingerprint density at radius 1 is 1.10 bits per heavy atom. The van der Waals surface area contributed by atoms with Gasteiger partial charge < -0.3 is 10.2 Å². The van der Waals surface area contributed by atoms with Gasteiger partial charge in [-0.2, -0.15) is 0 Å². The van der Waals surface area contributed by atoms with Crippen molar-refractivity contribution in [1.82, 2.24) is 10.2 Å². The number of hydrogen-bond acceptors (Lipinski definition) is 2. The molecule has 1 N–H and O–H groups in total. The number of nitrogens with one attached hydrogen (secondary N) is 1. The van der Waals surface area contributed by atoms with Crippen LogP contribution in [0, 0.1) is 0 Å². The largest absolute Gasteiger partial charge is 0.310 e. The number of piperidine rings is 1. The van der Waals surface area contributed by atoms with E-state index in [4.69, 9.17) is 0 Å². The summed E-state index contributed by atoms with van der Waals surface area (Å²) in [5, 5.41) is 5.30. The van der Waals surface area contributed by atoms with Crippen LogP contribution in [-0.2, 0) is 6.54 Å². The van der Waals surface area contributed by atoms with Crippen LogP contribution in [0.15, 0.2) is 24.3 Å². The first kappa shape index (κ1) is 16.7. The minimum absolute atomic E-state index is 0.703. The molecule has 0 bridgehead atoms. The summed E-state index contributed by atoms with van der Waals surface area (Å²) in [6, 6.07) is 10.0. The van der Waals surface area contributed by atoms with E-state index in [1.165, 1.54) is 44.5 Å². The third-order valence-corrected chi connectivity index (χ3v) is 6.61. The van der Waals surface area contributed by atoms with Crippen LogP contribution in [0.5, 0.6) is 0 Å². The number of likely N-dealkylation sites (tertiary alicyclic amines) is 1. The molecule has 1 heterocycles. The maximum absolute atomic E-state index is 3.74. The molecule has 118 valence electrons. The SMILES string of the molecule is CCCN1CCC(NCc2ccc([Si](C)(C)C)cc2)CC1. The zero-order valence-electron chi connectivity index (χ0n) is 14.3. The predicted octanol–water partition coefficient (Wildman–Crippen LogP) is 3.20. The van der Waals surface area contributed by atoms with Crippen molar-refractivity contribution in [3.63, 3.8) is 0 Å². The van der Waals surface area contributed by atoms with E-state index in [-0.39, 0.29) is 0 Å². The average Bonchev–Trinajstić information content (AvgIpc) is 2.46. The molecule has 1 aromatic rings. The van der Waals surface area contributed by atoms with Crippen molar-refractivity contribution < 1.29 is 0 Å². The first-order chi connectivity index (χ1) is 9.99. The molecule has 0 spiro atoms. The molecule has 1 fully saturated rings. The minimum Gasteiger partial charge on any atom is -0.310 e. The molecular weight excluding hydrogens is 272 g/mol. The van der Waals surface area contributed by atoms with E-state index >= 15 is 0 Å². The normalized spacial score (nSPS) is 18.1. The summed E-state index contributed by atoms with van der Waals surface area (Å²) in [7, 11) is -1.15. The Kier molecular flexibility index (Phi) is 6.03. The molecule has 0 saturated carbocycles. The van der Waals surface area contributed by atoms with Gasteiger partial charge in [-0.15, -0.1) is 0 Å². The molecule has 0 aliphatic carbocycles. The molecule has 0 atom stereocenters. The van der Waals surface area contributed by atoms with Crippen molar-refractivity contribution >= 4 is 13.3 Å². The summed E-state index contributed by atoms with van der Waals surface area (Å²) in [4.78, 5) is 2.60. The second-order valence-electron chi connectivity index (χ2n) is 7.44. The monoisotopic (exact) mass is 304 g/mol. The quantitative estimate of drug-likeness (QED) is 0.812. The van der Waals surface area contributed by atoms with Gasteiger partial charge in [-0.3, -0.25) is 0 Å². The lowest BCUT2D eigenvalue weighted by atomic mass is 10.0. The molecule has 0 unspecified atom stereocenters. The second kappa shape index (κ2) is 7.57. The lowest BCUT2D eigenvalue weighted by Crippen LogP contribution is -2.42. The Morgan fingerprint density at radius 3 is 2.24 bits per heavy atom. The van der Waals surface area contributed by atoms with Gasteiger partial charge in [0.2, 0.25) is 0 Å². The van der Waals surface area contributed by atoms with Crippen LogP contribution < -0.4 is 10.5 Å². The van der Waals surface area contributed by atoms with Crippen LogP contribution in [0.25, 0.3) is 0 Å². The molecule has 0 radical (unpaired) electrons. The topological polar surface area (TPSA) is 15.3 Å². The van der Waals surface area contributed by atoms with E-state index in [1.54, 1.807) is 5.19 Å². The molecule has 0 amide bonds. The summed E-state index contributed by atoms with van der Waals surface area (Å²) in [5.74, 6) is 0. The molecule has 21 heavy (non-hydrogen) atoms. The molecule has 2 rings (SSSR count). The van der Waals surface area contributed by atoms with Crippen molar-refractivity contribution in [2.75, 3.05) is 19.6 Å². The van der Waals surface area contributed by atoms with E-state index in [2.05, 4.69) is 61.0 Å². The van der Waals surface area contributed by atoms with Gasteiger partial charge in [0.1, 0.15) is 0 Å². The number of hydrogen-bond donors (Lipinski definition) is 1. The third-order valence-electron chi connectivity index (χ3n) is 4.54. The fraction of sp³-hybridized carbons (Fsp3) is 0.667. The molecule has 1 aliphatic heterocycles. The summed E-state index contributed by atoms with van der Waals surface area (Å²) >= 11 is 0. The Hall–Kier alpha value is -0.643. The highest BCUT2D eigenvalue weighted by molar-refractivity contribution is 6.88. The van der Waals surface area contributed by atoms with Crippen LogP contribution in [-0.4, -0.2) is 38.6 Å². The zero-order chi connectivity index (χ0) is 15.3.